The summed E-state index contributed by atoms with van der Waals surface area (Å²) in [5.41, 5.74) is 3.24. The highest BCUT2D eigenvalue weighted by Gasteiger charge is 2.33. The zero-order valence-corrected chi connectivity index (χ0v) is 15.8. The van der Waals surface area contributed by atoms with Gasteiger partial charge in [-0.05, 0) is 17.7 Å². The van der Waals surface area contributed by atoms with Crippen LogP contribution in [-0.4, -0.2) is 30.1 Å². The second-order valence-corrected chi connectivity index (χ2v) is 7.19. The zero-order chi connectivity index (χ0) is 19.6. The van der Waals surface area contributed by atoms with Gasteiger partial charge in [0.05, 0.1) is 30.3 Å². The molecule has 148 valence electrons. The van der Waals surface area contributed by atoms with E-state index in [4.69, 9.17) is 8.94 Å². The molecule has 0 aliphatic carbocycles. The van der Waals surface area contributed by atoms with E-state index in [-0.39, 0.29) is 12.6 Å². The summed E-state index contributed by atoms with van der Waals surface area (Å²) in [5.74, 6) is 2.59. The Balaban J connectivity index is 1.40. The van der Waals surface area contributed by atoms with Crippen LogP contribution in [0.1, 0.15) is 46.2 Å². The molecular formula is C21H21N5O3. The maximum absolute atomic E-state index is 9.26. The third kappa shape index (κ3) is 3.72. The van der Waals surface area contributed by atoms with E-state index in [2.05, 4.69) is 37.1 Å². The van der Waals surface area contributed by atoms with Gasteiger partial charge in [-0.15, -0.1) is 0 Å². The van der Waals surface area contributed by atoms with Gasteiger partial charge in [-0.25, -0.2) is 4.98 Å². The number of aliphatic hydroxyl groups excluding tert-OH is 1. The standard InChI is InChI=1S/C21H21N5O3/c27-12-16-7-6-15(28-16)10-26-11-18-17(22-13-23-18)9-19(26)21-24-20(25-29-21)8-14-4-2-1-3-5-14/h1-7,13,19,27H,8-12H2,(H,22,23)/t19-/m0/s1. The highest BCUT2D eigenvalue weighted by Crippen LogP contribution is 2.32. The van der Waals surface area contributed by atoms with Crippen molar-refractivity contribution in [1.29, 1.82) is 0 Å². The number of hydrogen-bond acceptors (Lipinski definition) is 7. The predicted octanol–water partition coefficient (Wildman–Crippen LogP) is 2.77. The fourth-order valence-electron chi connectivity index (χ4n) is 3.74. The Hall–Kier alpha value is -3.23. The second kappa shape index (κ2) is 7.65. The molecule has 1 aliphatic rings. The molecule has 0 bridgehead atoms. The summed E-state index contributed by atoms with van der Waals surface area (Å²) in [6, 6.07) is 13.7. The third-order valence-corrected chi connectivity index (χ3v) is 5.20. The molecule has 1 atom stereocenters. The van der Waals surface area contributed by atoms with Crippen molar-refractivity contribution in [2.75, 3.05) is 0 Å². The molecule has 8 heteroatoms. The van der Waals surface area contributed by atoms with Gasteiger partial charge >= 0.3 is 0 Å². The molecule has 1 aromatic carbocycles. The maximum Gasteiger partial charge on any atom is 0.244 e. The molecule has 3 aromatic heterocycles. The molecule has 0 unspecified atom stereocenters. The number of fused-ring (bicyclic) bond motifs is 1. The van der Waals surface area contributed by atoms with Gasteiger partial charge in [0.1, 0.15) is 18.1 Å². The number of aliphatic hydroxyl groups is 1. The smallest absolute Gasteiger partial charge is 0.244 e. The van der Waals surface area contributed by atoms with Gasteiger partial charge in [0, 0.05) is 19.4 Å². The van der Waals surface area contributed by atoms with Crippen LogP contribution in [0.15, 0.2) is 57.7 Å². The number of furan rings is 1. The first-order chi connectivity index (χ1) is 14.3. The molecule has 29 heavy (non-hydrogen) atoms. The molecular weight excluding hydrogens is 370 g/mol. The Labute approximate surface area is 167 Å². The molecule has 0 spiro atoms. The minimum Gasteiger partial charge on any atom is -0.462 e. The largest absolute Gasteiger partial charge is 0.462 e. The number of aromatic nitrogens is 4. The second-order valence-electron chi connectivity index (χ2n) is 7.19. The first-order valence-corrected chi connectivity index (χ1v) is 9.58. The van der Waals surface area contributed by atoms with Crippen LogP contribution in [-0.2, 0) is 32.5 Å². The Bertz CT molecular complexity index is 1080. The number of nitrogens with one attached hydrogen (secondary N) is 1. The average molecular weight is 391 g/mol. The number of H-pyrrole nitrogens is 1. The van der Waals surface area contributed by atoms with Crippen molar-refractivity contribution in [3.8, 4) is 0 Å². The van der Waals surface area contributed by atoms with Gasteiger partial charge in [-0.1, -0.05) is 35.5 Å². The molecule has 0 saturated carbocycles. The molecule has 0 fully saturated rings. The van der Waals surface area contributed by atoms with Crippen molar-refractivity contribution in [2.24, 2.45) is 0 Å². The Kier molecular flexibility index (Phi) is 4.71. The van der Waals surface area contributed by atoms with Crippen LogP contribution in [0.2, 0.25) is 0 Å². The number of imidazole rings is 1. The number of nitrogens with zero attached hydrogens (tertiary/aromatic N) is 4. The monoisotopic (exact) mass is 391 g/mol. The highest BCUT2D eigenvalue weighted by atomic mass is 16.5. The van der Waals surface area contributed by atoms with E-state index >= 15 is 0 Å². The normalized spacial score (nSPS) is 16.8. The van der Waals surface area contributed by atoms with Gasteiger partial charge in [-0.3, -0.25) is 4.90 Å². The van der Waals surface area contributed by atoms with E-state index in [1.165, 1.54) is 0 Å². The lowest BCUT2D eigenvalue weighted by atomic mass is 10.0. The first kappa shape index (κ1) is 17.8. The topological polar surface area (TPSA) is 104 Å². The van der Waals surface area contributed by atoms with E-state index in [1.807, 2.05) is 24.3 Å². The van der Waals surface area contributed by atoms with Crippen LogP contribution in [0.5, 0.6) is 0 Å². The fourth-order valence-corrected chi connectivity index (χ4v) is 3.74. The summed E-state index contributed by atoms with van der Waals surface area (Å²) in [4.78, 5) is 14.5. The average Bonchev–Trinajstić information content (AvgIpc) is 3.49. The fraction of sp³-hybridized carbons (Fsp3) is 0.286. The lowest BCUT2D eigenvalue weighted by Gasteiger charge is -2.31. The molecule has 0 amide bonds. The minimum absolute atomic E-state index is 0.0921. The van der Waals surface area contributed by atoms with Crippen molar-refractivity contribution < 1.29 is 14.0 Å². The highest BCUT2D eigenvalue weighted by molar-refractivity contribution is 5.21. The van der Waals surface area contributed by atoms with Crippen molar-refractivity contribution in [3.63, 3.8) is 0 Å². The summed E-state index contributed by atoms with van der Waals surface area (Å²) >= 11 is 0. The van der Waals surface area contributed by atoms with Crippen molar-refractivity contribution in [2.45, 2.75) is 38.6 Å². The van der Waals surface area contributed by atoms with Gasteiger partial charge < -0.3 is 19.0 Å². The number of rotatable bonds is 6. The number of benzene rings is 1. The van der Waals surface area contributed by atoms with Gasteiger partial charge in [0.2, 0.25) is 5.89 Å². The first-order valence-electron chi connectivity index (χ1n) is 9.58. The van der Waals surface area contributed by atoms with Gasteiger partial charge in [-0.2, -0.15) is 4.98 Å². The summed E-state index contributed by atoms with van der Waals surface area (Å²) in [7, 11) is 0. The molecule has 0 radical (unpaired) electrons. The van der Waals surface area contributed by atoms with E-state index in [9.17, 15) is 5.11 Å². The van der Waals surface area contributed by atoms with Crippen LogP contribution < -0.4 is 0 Å². The van der Waals surface area contributed by atoms with E-state index in [1.54, 1.807) is 12.4 Å². The Morgan fingerprint density at radius 3 is 2.83 bits per heavy atom. The van der Waals surface area contributed by atoms with Crippen LogP contribution >= 0.6 is 0 Å². The molecule has 4 aromatic rings. The number of aromatic amines is 1. The van der Waals surface area contributed by atoms with E-state index in [0.29, 0.717) is 43.4 Å². The summed E-state index contributed by atoms with van der Waals surface area (Å²) in [5, 5.41) is 13.5. The van der Waals surface area contributed by atoms with Crippen LogP contribution in [0.25, 0.3) is 0 Å². The van der Waals surface area contributed by atoms with E-state index in [0.717, 1.165) is 22.7 Å². The lowest BCUT2D eigenvalue weighted by molar-refractivity contribution is 0.117. The van der Waals surface area contributed by atoms with Crippen molar-refractivity contribution >= 4 is 0 Å². The molecule has 0 saturated heterocycles. The minimum atomic E-state index is -0.110. The summed E-state index contributed by atoms with van der Waals surface area (Å²) in [6.45, 7) is 1.13. The Morgan fingerprint density at radius 2 is 2.00 bits per heavy atom. The van der Waals surface area contributed by atoms with Gasteiger partial charge in [0.15, 0.2) is 5.82 Å². The Morgan fingerprint density at radius 1 is 1.14 bits per heavy atom. The van der Waals surface area contributed by atoms with Crippen molar-refractivity contribution in [1.82, 2.24) is 25.0 Å². The molecule has 2 N–H and O–H groups in total. The number of hydrogen-bond donors (Lipinski definition) is 2. The van der Waals surface area contributed by atoms with Crippen LogP contribution in [0.3, 0.4) is 0 Å². The van der Waals surface area contributed by atoms with E-state index < -0.39 is 0 Å². The summed E-state index contributed by atoms with van der Waals surface area (Å²) in [6.07, 6.45) is 3.03. The molecule has 1 aliphatic heterocycles. The third-order valence-electron chi connectivity index (χ3n) is 5.20. The van der Waals surface area contributed by atoms with Crippen LogP contribution in [0.4, 0.5) is 0 Å². The van der Waals surface area contributed by atoms with Crippen molar-refractivity contribution in [3.05, 3.63) is 89.0 Å². The molecule has 4 heterocycles. The lowest BCUT2D eigenvalue weighted by Crippen LogP contribution is -2.34. The molecule has 8 nitrogen and oxygen atoms in total. The van der Waals surface area contributed by atoms with Gasteiger partial charge in [0.25, 0.3) is 0 Å². The zero-order valence-electron chi connectivity index (χ0n) is 15.8. The maximum atomic E-state index is 9.26. The summed E-state index contributed by atoms with van der Waals surface area (Å²) < 4.78 is 11.3. The SMILES string of the molecule is OCc1ccc(CN2Cc3[nH]cnc3C[C@H]2c2nc(Cc3ccccc3)no2)o1. The van der Waals surface area contributed by atoms with Crippen LogP contribution in [0, 0.1) is 0 Å². The molecule has 5 rings (SSSR count). The predicted molar refractivity (Wildman–Crippen MR) is 102 cm³/mol. The quantitative estimate of drug-likeness (QED) is 0.521.